The smallest absolute Gasteiger partial charge is 0.243 e. The van der Waals surface area contributed by atoms with Gasteiger partial charge in [-0.05, 0) is 24.6 Å². The van der Waals surface area contributed by atoms with E-state index in [-0.39, 0.29) is 5.91 Å². The molecule has 1 N–H and O–H groups in total. The number of unbranched alkanes of at least 4 members (excludes halogenated alkanes) is 4. The topological polar surface area (TPSA) is 46.9 Å². The van der Waals surface area contributed by atoms with Crippen LogP contribution in [0.4, 0.5) is 0 Å². The molecule has 0 fully saturated rings. The highest BCUT2D eigenvalue weighted by molar-refractivity contribution is 5.86. The second-order valence-electron chi connectivity index (χ2n) is 5.50. The summed E-state index contributed by atoms with van der Waals surface area (Å²) in [6, 6.07) is 8.13. The summed E-state index contributed by atoms with van der Waals surface area (Å²) < 4.78 is 2.23. The van der Waals surface area contributed by atoms with Crippen LogP contribution in [0.25, 0.3) is 11.0 Å². The number of fused-ring (bicyclic) bond motifs is 1. The van der Waals surface area contributed by atoms with Gasteiger partial charge in [-0.25, -0.2) is 4.98 Å². The van der Waals surface area contributed by atoms with E-state index < -0.39 is 0 Å². The standard InChI is InChI=1S/C18H25N3O/c1-3-5-6-7-10-13-21-16-12-9-8-11-15(16)20-17(21)14-19-18(22)4-2/h4,8-9,11-12H,2-3,5-7,10,13-14H2,1H3,(H,19,22). The maximum atomic E-state index is 11.4. The highest BCUT2D eigenvalue weighted by Gasteiger charge is 2.10. The number of rotatable bonds is 9. The van der Waals surface area contributed by atoms with Crippen molar-refractivity contribution < 1.29 is 4.79 Å². The van der Waals surface area contributed by atoms with Crippen molar-refractivity contribution in [2.75, 3.05) is 0 Å². The molecule has 0 aliphatic rings. The minimum Gasteiger partial charge on any atom is -0.345 e. The Hall–Kier alpha value is -2.10. The lowest BCUT2D eigenvalue weighted by Gasteiger charge is -2.09. The Morgan fingerprint density at radius 2 is 2.05 bits per heavy atom. The lowest BCUT2D eigenvalue weighted by molar-refractivity contribution is -0.116. The number of imidazole rings is 1. The first kappa shape index (κ1) is 16.3. The van der Waals surface area contributed by atoms with Crippen molar-refractivity contribution in [3.8, 4) is 0 Å². The summed E-state index contributed by atoms with van der Waals surface area (Å²) in [5.74, 6) is 0.744. The number of aryl methyl sites for hydroxylation is 1. The van der Waals surface area contributed by atoms with Crippen LogP contribution in [0.2, 0.25) is 0 Å². The van der Waals surface area contributed by atoms with Gasteiger partial charge in [-0.3, -0.25) is 4.79 Å². The van der Waals surface area contributed by atoms with Gasteiger partial charge in [-0.15, -0.1) is 0 Å². The molecule has 4 nitrogen and oxygen atoms in total. The van der Waals surface area contributed by atoms with Crippen LogP contribution < -0.4 is 5.32 Å². The minimum absolute atomic E-state index is 0.165. The zero-order valence-corrected chi connectivity index (χ0v) is 13.3. The number of nitrogens with zero attached hydrogens (tertiary/aromatic N) is 2. The van der Waals surface area contributed by atoms with Gasteiger partial charge in [-0.2, -0.15) is 0 Å². The van der Waals surface area contributed by atoms with Crippen molar-refractivity contribution >= 4 is 16.9 Å². The summed E-state index contributed by atoms with van der Waals surface area (Å²) in [6.45, 7) is 7.09. The summed E-state index contributed by atoms with van der Waals surface area (Å²) in [6.07, 6.45) is 7.50. The maximum absolute atomic E-state index is 11.4. The molecule has 118 valence electrons. The van der Waals surface area contributed by atoms with E-state index in [4.69, 9.17) is 0 Å². The van der Waals surface area contributed by atoms with E-state index in [9.17, 15) is 4.79 Å². The van der Waals surface area contributed by atoms with E-state index in [0.29, 0.717) is 6.54 Å². The second-order valence-corrected chi connectivity index (χ2v) is 5.50. The molecule has 0 unspecified atom stereocenters. The Balaban J connectivity index is 2.09. The van der Waals surface area contributed by atoms with Crippen LogP contribution in [0.15, 0.2) is 36.9 Å². The third kappa shape index (κ3) is 4.20. The van der Waals surface area contributed by atoms with Crippen LogP contribution in [-0.4, -0.2) is 15.5 Å². The number of para-hydroxylation sites is 2. The quantitative estimate of drug-likeness (QED) is 0.565. The fourth-order valence-corrected chi connectivity index (χ4v) is 2.62. The Morgan fingerprint density at radius 3 is 2.82 bits per heavy atom. The van der Waals surface area contributed by atoms with Gasteiger partial charge in [0.2, 0.25) is 5.91 Å². The molecule has 4 heteroatoms. The summed E-state index contributed by atoms with van der Waals surface area (Å²) in [4.78, 5) is 16.0. The third-order valence-electron chi connectivity index (χ3n) is 3.83. The first-order valence-corrected chi connectivity index (χ1v) is 8.10. The average molecular weight is 299 g/mol. The first-order chi connectivity index (χ1) is 10.8. The van der Waals surface area contributed by atoms with Gasteiger partial charge in [0.1, 0.15) is 5.82 Å². The Labute approximate surface area is 132 Å². The number of carbonyl (C=O) groups is 1. The van der Waals surface area contributed by atoms with E-state index in [1.54, 1.807) is 0 Å². The number of carbonyl (C=O) groups excluding carboxylic acids is 1. The highest BCUT2D eigenvalue weighted by Crippen LogP contribution is 2.17. The van der Waals surface area contributed by atoms with Gasteiger partial charge in [0, 0.05) is 6.54 Å². The fourth-order valence-electron chi connectivity index (χ4n) is 2.62. The van der Waals surface area contributed by atoms with E-state index in [1.165, 1.54) is 31.8 Å². The molecule has 0 atom stereocenters. The summed E-state index contributed by atoms with van der Waals surface area (Å²) in [5, 5.41) is 2.82. The molecule has 0 spiro atoms. The molecule has 0 saturated heterocycles. The molecule has 2 aromatic rings. The Bertz CT molecular complexity index is 630. The van der Waals surface area contributed by atoms with Gasteiger partial charge < -0.3 is 9.88 Å². The first-order valence-electron chi connectivity index (χ1n) is 8.10. The number of benzene rings is 1. The zero-order valence-electron chi connectivity index (χ0n) is 13.3. The molecule has 2 rings (SSSR count). The predicted octanol–water partition coefficient (Wildman–Crippen LogP) is 3.81. The Kier molecular flexibility index (Phi) is 6.19. The second kappa shape index (κ2) is 8.37. The van der Waals surface area contributed by atoms with Crippen molar-refractivity contribution in [1.29, 1.82) is 0 Å². The molecule has 1 heterocycles. The molecule has 1 aromatic carbocycles. The number of hydrogen-bond donors (Lipinski definition) is 1. The number of aromatic nitrogens is 2. The highest BCUT2D eigenvalue weighted by atomic mass is 16.1. The zero-order chi connectivity index (χ0) is 15.8. The van der Waals surface area contributed by atoms with Crippen LogP contribution in [-0.2, 0) is 17.9 Å². The van der Waals surface area contributed by atoms with E-state index >= 15 is 0 Å². The van der Waals surface area contributed by atoms with E-state index in [2.05, 4.69) is 34.4 Å². The average Bonchev–Trinajstić information content (AvgIpc) is 2.90. The van der Waals surface area contributed by atoms with Crippen molar-refractivity contribution in [2.45, 2.75) is 52.1 Å². The SMILES string of the molecule is C=CC(=O)NCc1nc2ccccc2n1CCCCCCC. The number of amides is 1. The van der Waals surface area contributed by atoms with Gasteiger partial charge in [0.25, 0.3) is 0 Å². The molecule has 1 aromatic heterocycles. The van der Waals surface area contributed by atoms with E-state index in [0.717, 1.165) is 29.8 Å². The van der Waals surface area contributed by atoms with Crippen molar-refractivity contribution in [3.63, 3.8) is 0 Å². The van der Waals surface area contributed by atoms with Crippen molar-refractivity contribution in [1.82, 2.24) is 14.9 Å². The van der Waals surface area contributed by atoms with Gasteiger partial charge in [-0.1, -0.05) is 51.3 Å². The molecule has 0 radical (unpaired) electrons. The largest absolute Gasteiger partial charge is 0.345 e. The van der Waals surface area contributed by atoms with Crippen molar-refractivity contribution in [2.24, 2.45) is 0 Å². The van der Waals surface area contributed by atoms with Crippen LogP contribution in [0.5, 0.6) is 0 Å². The number of hydrogen-bond acceptors (Lipinski definition) is 2. The monoisotopic (exact) mass is 299 g/mol. The summed E-state index contributed by atoms with van der Waals surface area (Å²) in [5.41, 5.74) is 2.12. The number of nitrogens with one attached hydrogen (secondary N) is 1. The van der Waals surface area contributed by atoms with Gasteiger partial charge in [0.05, 0.1) is 17.6 Å². The van der Waals surface area contributed by atoms with Crippen LogP contribution in [0, 0.1) is 0 Å². The van der Waals surface area contributed by atoms with E-state index in [1.807, 2.05) is 18.2 Å². The molecular formula is C18H25N3O. The molecule has 0 aliphatic carbocycles. The van der Waals surface area contributed by atoms with Crippen LogP contribution in [0.3, 0.4) is 0 Å². The summed E-state index contributed by atoms with van der Waals surface area (Å²) >= 11 is 0. The van der Waals surface area contributed by atoms with Crippen molar-refractivity contribution in [3.05, 3.63) is 42.7 Å². The fraction of sp³-hybridized carbons (Fsp3) is 0.444. The summed E-state index contributed by atoms with van der Waals surface area (Å²) in [7, 11) is 0. The molecule has 1 amide bonds. The van der Waals surface area contributed by atoms with Gasteiger partial charge >= 0.3 is 0 Å². The van der Waals surface area contributed by atoms with Gasteiger partial charge in [0.15, 0.2) is 0 Å². The molecule has 0 aliphatic heterocycles. The lowest BCUT2D eigenvalue weighted by atomic mass is 10.1. The Morgan fingerprint density at radius 1 is 1.27 bits per heavy atom. The molecule has 0 bridgehead atoms. The van der Waals surface area contributed by atoms with Crippen LogP contribution >= 0.6 is 0 Å². The van der Waals surface area contributed by atoms with Crippen LogP contribution in [0.1, 0.15) is 44.9 Å². The minimum atomic E-state index is -0.165. The third-order valence-corrected chi connectivity index (χ3v) is 3.83. The normalized spacial score (nSPS) is 10.8. The molecule has 22 heavy (non-hydrogen) atoms. The maximum Gasteiger partial charge on any atom is 0.243 e. The lowest BCUT2D eigenvalue weighted by Crippen LogP contribution is -2.22. The predicted molar refractivity (Wildman–Crippen MR) is 90.5 cm³/mol. The molecular weight excluding hydrogens is 274 g/mol. The molecule has 0 saturated carbocycles.